The molecule has 0 heterocycles. The van der Waals surface area contributed by atoms with Crippen molar-refractivity contribution in [2.45, 2.75) is 6.92 Å². The average molecular weight is 538 g/mol. The molecule has 0 aromatic heterocycles. The van der Waals surface area contributed by atoms with Crippen molar-refractivity contribution in [1.29, 1.82) is 0 Å². The van der Waals surface area contributed by atoms with Gasteiger partial charge in [-0.15, -0.1) is 0 Å². The predicted molar refractivity (Wildman–Crippen MR) is 180 cm³/mol. The Balaban J connectivity index is 1.29. The molecule has 0 unspecified atom stereocenters. The van der Waals surface area contributed by atoms with E-state index in [2.05, 4.69) is 182 Å². The van der Waals surface area contributed by atoms with Crippen LogP contribution in [0.15, 0.2) is 170 Å². The van der Waals surface area contributed by atoms with Crippen molar-refractivity contribution in [2.24, 2.45) is 0 Å². The van der Waals surface area contributed by atoms with Gasteiger partial charge in [0.1, 0.15) is 0 Å². The number of fused-ring (bicyclic) bond motifs is 1. The smallest absolute Gasteiger partial charge is 0.0540 e. The van der Waals surface area contributed by atoms with Crippen LogP contribution in [0.3, 0.4) is 0 Å². The van der Waals surface area contributed by atoms with Crippen LogP contribution in [0, 0.1) is 6.92 Å². The van der Waals surface area contributed by atoms with Gasteiger partial charge in [0.2, 0.25) is 0 Å². The minimum Gasteiger partial charge on any atom is -0.310 e. The van der Waals surface area contributed by atoms with Crippen LogP contribution >= 0.6 is 0 Å². The zero-order valence-electron chi connectivity index (χ0n) is 23.6. The standard InChI is InChI=1S/C41H31N/c1-30-11-5-8-16-39(30)33-20-22-34(23-21-33)40-17-9-10-18-41(40)42(37-14-3-2-4-15-37)38-27-25-32(26-28-38)36-24-19-31-12-6-7-13-35(31)29-36/h2-29H,1H3. The van der Waals surface area contributed by atoms with E-state index < -0.39 is 0 Å². The van der Waals surface area contributed by atoms with Crippen molar-refractivity contribution >= 4 is 27.8 Å². The molecular weight excluding hydrogens is 506 g/mol. The van der Waals surface area contributed by atoms with Gasteiger partial charge in [-0.05, 0) is 87.5 Å². The summed E-state index contributed by atoms with van der Waals surface area (Å²) >= 11 is 0. The highest BCUT2D eigenvalue weighted by Crippen LogP contribution is 2.41. The summed E-state index contributed by atoms with van der Waals surface area (Å²) in [6.07, 6.45) is 0. The van der Waals surface area contributed by atoms with Crippen LogP contribution in [0.1, 0.15) is 5.56 Å². The summed E-state index contributed by atoms with van der Waals surface area (Å²) in [5, 5.41) is 2.52. The lowest BCUT2D eigenvalue weighted by atomic mass is 9.96. The van der Waals surface area contributed by atoms with Crippen LogP contribution < -0.4 is 4.90 Å². The molecule has 0 saturated heterocycles. The lowest BCUT2D eigenvalue weighted by molar-refractivity contribution is 1.28. The summed E-state index contributed by atoms with van der Waals surface area (Å²) in [6, 6.07) is 61.0. The van der Waals surface area contributed by atoms with Crippen LogP contribution in [0.5, 0.6) is 0 Å². The second-order valence-electron chi connectivity index (χ2n) is 10.7. The SMILES string of the molecule is Cc1ccccc1-c1ccc(-c2ccccc2N(c2ccccc2)c2ccc(-c3ccc4ccccc4c3)cc2)cc1. The average Bonchev–Trinajstić information content (AvgIpc) is 3.06. The van der Waals surface area contributed by atoms with Gasteiger partial charge in [-0.1, -0.05) is 133 Å². The number of aryl methyl sites for hydroxylation is 1. The quantitative estimate of drug-likeness (QED) is 0.204. The molecule has 0 amide bonds. The van der Waals surface area contributed by atoms with Crippen molar-refractivity contribution < 1.29 is 0 Å². The Hall–Kier alpha value is -5.40. The van der Waals surface area contributed by atoms with Crippen molar-refractivity contribution in [2.75, 3.05) is 4.90 Å². The summed E-state index contributed by atoms with van der Waals surface area (Å²) < 4.78 is 0. The van der Waals surface area contributed by atoms with E-state index >= 15 is 0 Å². The first-order valence-electron chi connectivity index (χ1n) is 14.4. The molecule has 200 valence electrons. The molecule has 0 aliphatic heterocycles. The first kappa shape index (κ1) is 25.6. The number of nitrogens with zero attached hydrogens (tertiary/aromatic N) is 1. The number of para-hydroxylation sites is 2. The Kier molecular flexibility index (Phi) is 6.84. The van der Waals surface area contributed by atoms with E-state index in [-0.39, 0.29) is 0 Å². The highest BCUT2D eigenvalue weighted by atomic mass is 15.1. The topological polar surface area (TPSA) is 3.24 Å². The number of hydrogen-bond donors (Lipinski definition) is 0. The molecule has 1 nitrogen and oxygen atoms in total. The lowest BCUT2D eigenvalue weighted by Gasteiger charge is -2.28. The van der Waals surface area contributed by atoms with Gasteiger partial charge in [0.15, 0.2) is 0 Å². The fraction of sp³-hybridized carbons (Fsp3) is 0.0244. The zero-order chi connectivity index (χ0) is 28.3. The Morgan fingerprint density at radius 1 is 0.357 bits per heavy atom. The van der Waals surface area contributed by atoms with E-state index in [0.29, 0.717) is 0 Å². The van der Waals surface area contributed by atoms with Gasteiger partial charge in [0, 0.05) is 16.9 Å². The van der Waals surface area contributed by atoms with Crippen LogP contribution in [0.25, 0.3) is 44.2 Å². The Labute approximate surface area is 248 Å². The summed E-state index contributed by atoms with van der Waals surface area (Å²) in [4.78, 5) is 2.36. The molecule has 0 aliphatic rings. The summed E-state index contributed by atoms with van der Waals surface area (Å²) in [5.74, 6) is 0. The number of benzene rings is 7. The molecule has 0 fully saturated rings. The number of anilines is 3. The molecule has 7 rings (SSSR count). The monoisotopic (exact) mass is 537 g/mol. The third-order valence-electron chi connectivity index (χ3n) is 8.02. The zero-order valence-corrected chi connectivity index (χ0v) is 23.6. The first-order valence-corrected chi connectivity index (χ1v) is 14.4. The summed E-state index contributed by atoms with van der Waals surface area (Å²) in [7, 11) is 0. The maximum atomic E-state index is 2.36. The van der Waals surface area contributed by atoms with Crippen molar-refractivity contribution in [3.05, 3.63) is 175 Å². The van der Waals surface area contributed by atoms with E-state index in [0.717, 1.165) is 17.1 Å². The van der Waals surface area contributed by atoms with Crippen LogP contribution in [0.4, 0.5) is 17.1 Å². The van der Waals surface area contributed by atoms with E-state index in [9.17, 15) is 0 Å². The van der Waals surface area contributed by atoms with Crippen molar-refractivity contribution in [3.63, 3.8) is 0 Å². The second-order valence-corrected chi connectivity index (χ2v) is 10.7. The third-order valence-corrected chi connectivity index (χ3v) is 8.02. The Morgan fingerprint density at radius 2 is 0.881 bits per heavy atom. The molecule has 7 aromatic carbocycles. The molecule has 42 heavy (non-hydrogen) atoms. The van der Waals surface area contributed by atoms with Gasteiger partial charge in [-0.3, -0.25) is 0 Å². The highest BCUT2D eigenvalue weighted by Gasteiger charge is 2.17. The van der Waals surface area contributed by atoms with Gasteiger partial charge in [-0.25, -0.2) is 0 Å². The number of rotatable bonds is 6. The van der Waals surface area contributed by atoms with Crippen LogP contribution in [-0.4, -0.2) is 0 Å². The van der Waals surface area contributed by atoms with E-state index in [1.807, 2.05) is 0 Å². The number of hydrogen-bond acceptors (Lipinski definition) is 1. The first-order chi connectivity index (χ1) is 20.7. The maximum Gasteiger partial charge on any atom is 0.0540 e. The molecule has 0 bridgehead atoms. The van der Waals surface area contributed by atoms with Gasteiger partial charge in [0.05, 0.1) is 5.69 Å². The minimum absolute atomic E-state index is 1.12. The Bertz CT molecular complexity index is 1970. The van der Waals surface area contributed by atoms with Crippen LogP contribution in [-0.2, 0) is 0 Å². The van der Waals surface area contributed by atoms with E-state index in [1.54, 1.807) is 0 Å². The van der Waals surface area contributed by atoms with Gasteiger partial charge in [-0.2, -0.15) is 0 Å². The van der Waals surface area contributed by atoms with E-state index in [1.165, 1.54) is 49.7 Å². The van der Waals surface area contributed by atoms with E-state index in [4.69, 9.17) is 0 Å². The minimum atomic E-state index is 1.12. The molecule has 0 spiro atoms. The molecule has 1 heteroatoms. The van der Waals surface area contributed by atoms with Crippen molar-refractivity contribution in [3.8, 4) is 33.4 Å². The molecule has 0 N–H and O–H groups in total. The maximum absolute atomic E-state index is 2.36. The molecule has 7 aromatic rings. The molecule has 0 saturated carbocycles. The van der Waals surface area contributed by atoms with Gasteiger partial charge >= 0.3 is 0 Å². The highest BCUT2D eigenvalue weighted by molar-refractivity contribution is 5.90. The predicted octanol–water partition coefficient (Wildman–Crippen LogP) is 11.6. The Morgan fingerprint density at radius 3 is 1.62 bits per heavy atom. The van der Waals surface area contributed by atoms with Crippen molar-refractivity contribution in [1.82, 2.24) is 0 Å². The molecule has 0 aliphatic carbocycles. The third kappa shape index (κ3) is 4.98. The summed E-state index contributed by atoms with van der Waals surface area (Å²) in [6.45, 7) is 2.17. The van der Waals surface area contributed by atoms with Gasteiger partial charge in [0.25, 0.3) is 0 Å². The largest absolute Gasteiger partial charge is 0.310 e. The second kappa shape index (κ2) is 11.2. The summed E-state index contributed by atoms with van der Waals surface area (Å²) in [5.41, 5.74) is 12.0. The molecular formula is C41H31N. The fourth-order valence-corrected chi connectivity index (χ4v) is 5.82. The van der Waals surface area contributed by atoms with Gasteiger partial charge < -0.3 is 4.90 Å². The fourth-order valence-electron chi connectivity index (χ4n) is 5.82. The molecule has 0 radical (unpaired) electrons. The normalized spacial score (nSPS) is 11.0. The molecule has 0 atom stereocenters. The lowest BCUT2D eigenvalue weighted by Crippen LogP contribution is -2.11. The van der Waals surface area contributed by atoms with Crippen LogP contribution in [0.2, 0.25) is 0 Å².